The zero-order chi connectivity index (χ0) is 19.2. The lowest BCUT2D eigenvalue weighted by atomic mass is 10.1. The number of ether oxygens (including phenoxy) is 1. The van der Waals surface area contributed by atoms with Gasteiger partial charge in [0, 0.05) is 37.3 Å². The Morgan fingerprint density at radius 1 is 1.15 bits per heavy atom. The SMILES string of the molecule is O=C(NCc1ccc(CN2CCOCC2)cc1)c1ccc(Cl)cc1[N+](=O)[O-]. The molecular formula is C19H20ClN3O4. The third kappa shape index (κ3) is 5.26. The van der Waals surface area contributed by atoms with Crippen LogP contribution in [0.4, 0.5) is 5.69 Å². The van der Waals surface area contributed by atoms with Crippen LogP contribution in [0.15, 0.2) is 42.5 Å². The molecule has 1 fully saturated rings. The lowest BCUT2D eigenvalue weighted by molar-refractivity contribution is -0.385. The maximum atomic E-state index is 12.3. The molecule has 1 saturated heterocycles. The molecule has 1 amide bonds. The first kappa shape index (κ1) is 19.3. The number of hydrogen-bond donors (Lipinski definition) is 1. The van der Waals surface area contributed by atoms with Crippen molar-refractivity contribution in [3.05, 3.63) is 74.3 Å². The van der Waals surface area contributed by atoms with Crippen molar-refractivity contribution in [2.75, 3.05) is 26.3 Å². The highest BCUT2D eigenvalue weighted by molar-refractivity contribution is 6.31. The van der Waals surface area contributed by atoms with Crippen LogP contribution < -0.4 is 5.32 Å². The summed E-state index contributed by atoms with van der Waals surface area (Å²) in [5, 5.41) is 14.0. The first-order chi connectivity index (χ1) is 13.0. The van der Waals surface area contributed by atoms with Gasteiger partial charge in [-0.1, -0.05) is 35.9 Å². The van der Waals surface area contributed by atoms with Crippen molar-refractivity contribution in [2.45, 2.75) is 13.1 Å². The van der Waals surface area contributed by atoms with Gasteiger partial charge in [-0.3, -0.25) is 19.8 Å². The van der Waals surface area contributed by atoms with Crippen LogP contribution in [-0.4, -0.2) is 42.0 Å². The number of benzene rings is 2. The molecule has 2 aromatic carbocycles. The predicted octanol–water partition coefficient (Wildman–Crippen LogP) is 3.01. The summed E-state index contributed by atoms with van der Waals surface area (Å²) in [6.07, 6.45) is 0. The molecule has 7 nitrogen and oxygen atoms in total. The van der Waals surface area contributed by atoms with Crippen molar-refractivity contribution in [1.82, 2.24) is 10.2 Å². The molecule has 0 saturated carbocycles. The van der Waals surface area contributed by atoms with Crippen molar-refractivity contribution in [3.8, 4) is 0 Å². The summed E-state index contributed by atoms with van der Waals surface area (Å²) in [5.74, 6) is -0.504. The van der Waals surface area contributed by atoms with Gasteiger partial charge < -0.3 is 10.1 Å². The average Bonchev–Trinajstić information content (AvgIpc) is 2.68. The van der Waals surface area contributed by atoms with Gasteiger partial charge in [0.05, 0.1) is 18.1 Å². The summed E-state index contributed by atoms with van der Waals surface area (Å²) in [7, 11) is 0. The van der Waals surface area contributed by atoms with Gasteiger partial charge in [-0.15, -0.1) is 0 Å². The van der Waals surface area contributed by atoms with Gasteiger partial charge in [-0.25, -0.2) is 0 Å². The van der Waals surface area contributed by atoms with Gasteiger partial charge in [0.1, 0.15) is 5.56 Å². The Bertz CT molecular complexity index is 820. The van der Waals surface area contributed by atoms with Crippen LogP contribution in [0.2, 0.25) is 5.02 Å². The van der Waals surface area contributed by atoms with E-state index >= 15 is 0 Å². The minimum absolute atomic E-state index is 0.00617. The highest BCUT2D eigenvalue weighted by atomic mass is 35.5. The van der Waals surface area contributed by atoms with E-state index in [1.165, 1.54) is 23.8 Å². The summed E-state index contributed by atoms with van der Waals surface area (Å²) in [5.41, 5.74) is 1.81. The van der Waals surface area contributed by atoms with E-state index in [9.17, 15) is 14.9 Å². The number of nitrogens with one attached hydrogen (secondary N) is 1. The first-order valence-corrected chi connectivity index (χ1v) is 9.01. The number of nitro groups is 1. The average molecular weight is 390 g/mol. The number of amides is 1. The second-order valence-corrected chi connectivity index (χ2v) is 6.74. The van der Waals surface area contributed by atoms with E-state index in [1.54, 1.807) is 0 Å². The third-order valence-corrected chi connectivity index (χ3v) is 4.62. The van der Waals surface area contributed by atoms with Gasteiger partial charge in [-0.2, -0.15) is 0 Å². The van der Waals surface area contributed by atoms with Gasteiger partial charge in [0.25, 0.3) is 11.6 Å². The Hall–Kier alpha value is -2.48. The summed E-state index contributed by atoms with van der Waals surface area (Å²) in [6, 6.07) is 12.0. The molecule has 1 aliphatic heterocycles. The summed E-state index contributed by atoms with van der Waals surface area (Å²) < 4.78 is 5.35. The van der Waals surface area contributed by atoms with Crippen molar-refractivity contribution < 1.29 is 14.5 Å². The Kier molecular flexibility index (Phi) is 6.39. The number of nitro benzene ring substituents is 1. The smallest absolute Gasteiger partial charge is 0.283 e. The molecule has 0 bridgehead atoms. The molecule has 0 radical (unpaired) electrons. The molecular weight excluding hydrogens is 370 g/mol. The Balaban J connectivity index is 1.58. The second-order valence-electron chi connectivity index (χ2n) is 6.31. The Labute approximate surface area is 162 Å². The predicted molar refractivity (Wildman–Crippen MR) is 102 cm³/mol. The lowest BCUT2D eigenvalue weighted by Crippen LogP contribution is -2.35. The minimum atomic E-state index is -0.610. The number of rotatable bonds is 6. The molecule has 2 aromatic rings. The zero-order valence-corrected chi connectivity index (χ0v) is 15.4. The highest BCUT2D eigenvalue weighted by Gasteiger charge is 2.20. The molecule has 27 heavy (non-hydrogen) atoms. The molecule has 0 atom stereocenters. The fourth-order valence-corrected chi connectivity index (χ4v) is 3.07. The fourth-order valence-electron chi connectivity index (χ4n) is 2.91. The van der Waals surface area contributed by atoms with E-state index in [1.807, 2.05) is 24.3 Å². The van der Waals surface area contributed by atoms with Crippen LogP contribution in [0.5, 0.6) is 0 Å². The van der Waals surface area contributed by atoms with E-state index in [-0.39, 0.29) is 22.8 Å². The standard InChI is InChI=1S/C19H20ClN3O4/c20-16-5-6-17(18(11-16)23(25)26)19(24)21-12-14-1-3-15(4-2-14)13-22-7-9-27-10-8-22/h1-6,11H,7-10,12-13H2,(H,21,24). The van der Waals surface area contributed by atoms with E-state index < -0.39 is 10.8 Å². The molecule has 0 unspecified atom stereocenters. The molecule has 142 valence electrons. The van der Waals surface area contributed by atoms with Gasteiger partial charge >= 0.3 is 0 Å². The lowest BCUT2D eigenvalue weighted by Gasteiger charge is -2.26. The number of carbonyl (C=O) groups excluding carboxylic acids is 1. The molecule has 0 aliphatic carbocycles. The zero-order valence-electron chi connectivity index (χ0n) is 14.7. The normalized spacial score (nSPS) is 14.7. The summed E-state index contributed by atoms with van der Waals surface area (Å²) >= 11 is 5.78. The van der Waals surface area contributed by atoms with E-state index in [4.69, 9.17) is 16.3 Å². The topological polar surface area (TPSA) is 84.7 Å². The van der Waals surface area contributed by atoms with Gasteiger partial charge in [0.2, 0.25) is 0 Å². The third-order valence-electron chi connectivity index (χ3n) is 4.39. The van der Waals surface area contributed by atoms with Crippen LogP contribution >= 0.6 is 11.6 Å². The molecule has 1 N–H and O–H groups in total. The molecule has 0 spiro atoms. The Morgan fingerprint density at radius 2 is 1.81 bits per heavy atom. The molecule has 1 heterocycles. The molecule has 1 aliphatic rings. The number of hydrogen-bond acceptors (Lipinski definition) is 5. The number of halogens is 1. The van der Waals surface area contributed by atoms with E-state index in [0.717, 1.165) is 38.4 Å². The fraction of sp³-hybridized carbons (Fsp3) is 0.316. The van der Waals surface area contributed by atoms with Crippen LogP contribution in [0.1, 0.15) is 21.5 Å². The van der Waals surface area contributed by atoms with Crippen molar-refractivity contribution in [1.29, 1.82) is 0 Å². The number of carbonyl (C=O) groups is 1. The van der Waals surface area contributed by atoms with Gasteiger partial charge in [-0.05, 0) is 23.3 Å². The number of morpholine rings is 1. The molecule has 0 aromatic heterocycles. The largest absolute Gasteiger partial charge is 0.379 e. The van der Waals surface area contributed by atoms with Crippen molar-refractivity contribution >= 4 is 23.2 Å². The summed E-state index contributed by atoms with van der Waals surface area (Å²) in [4.78, 5) is 25.1. The second kappa shape index (κ2) is 8.94. The Morgan fingerprint density at radius 3 is 2.48 bits per heavy atom. The van der Waals surface area contributed by atoms with Crippen LogP contribution in [-0.2, 0) is 17.8 Å². The van der Waals surface area contributed by atoms with Crippen LogP contribution in [0.25, 0.3) is 0 Å². The summed E-state index contributed by atoms with van der Waals surface area (Å²) in [6.45, 7) is 4.54. The minimum Gasteiger partial charge on any atom is -0.379 e. The van der Waals surface area contributed by atoms with Gasteiger partial charge in [0.15, 0.2) is 0 Å². The molecule has 3 rings (SSSR count). The maximum Gasteiger partial charge on any atom is 0.283 e. The number of nitrogens with zero attached hydrogens (tertiary/aromatic N) is 2. The molecule has 8 heteroatoms. The monoisotopic (exact) mass is 389 g/mol. The first-order valence-electron chi connectivity index (χ1n) is 8.63. The van der Waals surface area contributed by atoms with Crippen molar-refractivity contribution in [3.63, 3.8) is 0 Å². The van der Waals surface area contributed by atoms with Crippen LogP contribution in [0, 0.1) is 10.1 Å². The van der Waals surface area contributed by atoms with Crippen LogP contribution in [0.3, 0.4) is 0 Å². The highest BCUT2D eigenvalue weighted by Crippen LogP contribution is 2.23. The van der Waals surface area contributed by atoms with E-state index in [0.29, 0.717) is 0 Å². The quantitative estimate of drug-likeness (QED) is 0.606. The maximum absolute atomic E-state index is 12.3. The van der Waals surface area contributed by atoms with Crippen molar-refractivity contribution in [2.24, 2.45) is 0 Å². The van der Waals surface area contributed by atoms with E-state index in [2.05, 4.69) is 10.2 Å².